The molecule has 1 atom stereocenters. The van der Waals surface area contributed by atoms with Gasteiger partial charge in [-0.05, 0) is 6.42 Å². The maximum Gasteiger partial charge on any atom is 0.234 e. The summed E-state index contributed by atoms with van der Waals surface area (Å²) in [6, 6.07) is 0. The van der Waals surface area contributed by atoms with Crippen molar-refractivity contribution in [1.82, 2.24) is 15.3 Å². The molecule has 1 aliphatic rings. The topological polar surface area (TPSA) is 72.0 Å². The van der Waals surface area contributed by atoms with Gasteiger partial charge in [-0.3, -0.25) is 14.9 Å². The zero-order valence-electron chi connectivity index (χ0n) is 7.43. The Kier molecular flexibility index (Phi) is 2.22. The van der Waals surface area contributed by atoms with Crippen LogP contribution in [0.15, 0.2) is 18.7 Å². The number of imide groups is 1. The molecule has 2 amide bonds. The maximum absolute atomic E-state index is 11.4. The van der Waals surface area contributed by atoms with Gasteiger partial charge in [0.25, 0.3) is 0 Å². The zero-order valence-corrected chi connectivity index (χ0v) is 7.43. The van der Waals surface area contributed by atoms with Gasteiger partial charge in [0.2, 0.25) is 11.8 Å². The van der Waals surface area contributed by atoms with E-state index in [4.69, 9.17) is 0 Å². The van der Waals surface area contributed by atoms with Crippen LogP contribution in [-0.4, -0.2) is 21.8 Å². The maximum atomic E-state index is 11.4. The third-order valence-electron chi connectivity index (χ3n) is 2.22. The van der Waals surface area contributed by atoms with Crippen molar-refractivity contribution >= 4 is 11.8 Å². The summed E-state index contributed by atoms with van der Waals surface area (Å²) in [5.74, 6) is -0.743. The Bertz CT molecular complexity index is 364. The summed E-state index contributed by atoms with van der Waals surface area (Å²) in [6.07, 6.45) is 5.54. The lowest BCUT2D eigenvalue weighted by Crippen LogP contribution is -2.39. The van der Waals surface area contributed by atoms with E-state index in [0.29, 0.717) is 12.8 Å². The highest BCUT2D eigenvalue weighted by Gasteiger charge is 2.27. The second-order valence-electron chi connectivity index (χ2n) is 3.18. The Morgan fingerprint density at radius 2 is 2.00 bits per heavy atom. The first-order chi connectivity index (χ1) is 6.77. The predicted octanol–water partition coefficient (Wildman–Crippen LogP) is -0.00320. The monoisotopic (exact) mass is 191 g/mol. The second kappa shape index (κ2) is 3.53. The molecular weight excluding hydrogens is 182 g/mol. The highest BCUT2D eigenvalue weighted by molar-refractivity contribution is 6.00. The van der Waals surface area contributed by atoms with Crippen LogP contribution in [0.1, 0.15) is 24.3 Å². The van der Waals surface area contributed by atoms with Crippen molar-refractivity contribution < 1.29 is 9.59 Å². The molecule has 1 N–H and O–H groups in total. The van der Waals surface area contributed by atoms with Gasteiger partial charge in [0.05, 0.1) is 5.92 Å². The Morgan fingerprint density at radius 1 is 1.29 bits per heavy atom. The SMILES string of the molecule is O=C1CCC(c2cncnc2)C(=O)N1. The van der Waals surface area contributed by atoms with Crippen molar-refractivity contribution in [2.75, 3.05) is 0 Å². The first kappa shape index (κ1) is 8.80. The van der Waals surface area contributed by atoms with Gasteiger partial charge in [-0.25, -0.2) is 9.97 Å². The summed E-state index contributed by atoms with van der Waals surface area (Å²) in [6.45, 7) is 0. The number of rotatable bonds is 1. The van der Waals surface area contributed by atoms with Crippen LogP contribution in [0.2, 0.25) is 0 Å². The van der Waals surface area contributed by atoms with Crippen molar-refractivity contribution in [1.29, 1.82) is 0 Å². The standard InChI is InChI=1S/C9H9N3O2/c13-8-2-1-7(9(14)12-8)6-3-10-5-11-4-6/h3-5,7H,1-2H2,(H,12,13,14). The molecule has 0 saturated carbocycles. The van der Waals surface area contributed by atoms with Gasteiger partial charge >= 0.3 is 0 Å². The molecule has 1 aliphatic heterocycles. The first-order valence-corrected chi connectivity index (χ1v) is 4.36. The minimum Gasteiger partial charge on any atom is -0.296 e. The largest absolute Gasteiger partial charge is 0.296 e. The lowest BCUT2D eigenvalue weighted by Gasteiger charge is -2.20. The molecule has 5 heteroatoms. The van der Waals surface area contributed by atoms with Crippen LogP contribution in [0.4, 0.5) is 0 Å². The molecule has 14 heavy (non-hydrogen) atoms. The number of carbonyl (C=O) groups excluding carboxylic acids is 2. The molecule has 2 rings (SSSR count). The van der Waals surface area contributed by atoms with Gasteiger partial charge in [-0.15, -0.1) is 0 Å². The van der Waals surface area contributed by atoms with Crippen LogP contribution in [0.3, 0.4) is 0 Å². The molecule has 0 aliphatic carbocycles. The normalized spacial score (nSPS) is 21.9. The van der Waals surface area contributed by atoms with E-state index in [-0.39, 0.29) is 17.7 Å². The van der Waals surface area contributed by atoms with E-state index < -0.39 is 0 Å². The minimum atomic E-state index is -0.283. The average Bonchev–Trinajstić information content (AvgIpc) is 2.19. The van der Waals surface area contributed by atoms with E-state index in [0.717, 1.165) is 5.56 Å². The van der Waals surface area contributed by atoms with Crippen LogP contribution in [0.25, 0.3) is 0 Å². The highest BCUT2D eigenvalue weighted by atomic mass is 16.2. The molecule has 72 valence electrons. The fourth-order valence-corrected chi connectivity index (χ4v) is 1.50. The zero-order chi connectivity index (χ0) is 9.97. The van der Waals surface area contributed by atoms with E-state index in [1.165, 1.54) is 6.33 Å². The quantitative estimate of drug-likeness (QED) is 0.634. The van der Waals surface area contributed by atoms with Crippen LogP contribution >= 0.6 is 0 Å². The van der Waals surface area contributed by atoms with Gasteiger partial charge in [0.15, 0.2) is 0 Å². The molecule has 2 heterocycles. The third-order valence-corrected chi connectivity index (χ3v) is 2.22. The van der Waals surface area contributed by atoms with Gasteiger partial charge in [0, 0.05) is 24.4 Å². The first-order valence-electron chi connectivity index (χ1n) is 4.36. The number of hydrogen-bond donors (Lipinski definition) is 1. The third kappa shape index (κ3) is 1.61. The van der Waals surface area contributed by atoms with Gasteiger partial charge in [-0.2, -0.15) is 0 Å². The number of nitrogens with one attached hydrogen (secondary N) is 1. The van der Waals surface area contributed by atoms with Crippen LogP contribution in [0, 0.1) is 0 Å². The Hall–Kier alpha value is -1.78. The van der Waals surface area contributed by atoms with Crippen LogP contribution in [-0.2, 0) is 9.59 Å². The number of piperidine rings is 1. The highest BCUT2D eigenvalue weighted by Crippen LogP contribution is 2.22. The summed E-state index contributed by atoms with van der Waals surface area (Å²) in [4.78, 5) is 30.0. The smallest absolute Gasteiger partial charge is 0.234 e. The van der Waals surface area contributed by atoms with Crippen LogP contribution in [0.5, 0.6) is 0 Å². The van der Waals surface area contributed by atoms with E-state index >= 15 is 0 Å². The lowest BCUT2D eigenvalue weighted by molar-refractivity contribution is -0.134. The molecule has 0 aromatic carbocycles. The number of hydrogen-bond acceptors (Lipinski definition) is 4. The summed E-state index contributed by atoms with van der Waals surface area (Å²) < 4.78 is 0. The average molecular weight is 191 g/mol. The van der Waals surface area contributed by atoms with Gasteiger partial charge in [0.1, 0.15) is 6.33 Å². The molecule has 0 spiro atoms. The predicted molar refractivity (Wildman–Crippen MR) is 47.2 cm³/mol. The van der Waals surface area contributed by atoms with Crippen molar-refractivity contribution in [3.63, 3.8) is 0 Å². The summed E-state index contributed by atoms with van der Waals surface area (Å²) in [5.41, 5.74) is 0.762. The van der Waals surface area contributed by atoms with E-state index in [1.807, 2.05) is 0 Å². The number of amides is 2. The number of aromatic nitrogens is 2. The molecule has 1 saturated heterocycles. The molecule has 5 nitrogen and oxygen atoms in total. The van der Waals surface area contributed by atoms with E-state index in [1.54, 1.807) is 12.4 Å². The van der Waals surface area contributed by atoms with E-state index in [9.17, 15) is 9.59 Å². The van der Waals surface area contributed by atoms with Crippen molar-refractivity contribution in [2.24, 2.45) is 0 Å². The lowest BCUT2D eigenvalue weighted by atomic mass is 9.93. The molecule has 1 fully saturated rings. The molecule has 0 bridgehead atoms. The Labute approximate surface area is 80.6 Å². The van der Waals surface area contributed by atoms with Crippen LogP contribution < -0.4 is 5.32 Å². The van der Waals surface area contributed by atoms with Crippen molar-refractivity contribution in [3.8, 4) is 0 Å². The molecule has 1 unspecified atom stereocenters. The molecule has 1 aromatic heterocycles. The second-order valence-corrected chi connectivity index (χ2v) is 3.18. The van der Waals surface area contributed by atoms with Crippen molar-refractivity contribution in [3.05, 3.63) is 24.3 Å². The molecule has 1 aromatic rings. The molecule has 0 radical (unpaired) electrons. The fourth-order valence-electron chi connectivity index (χ4n) is 1.50. The van der Waals surface area contributed by atoms with Gasteiger partial charge in [-0.1, -0.05) is 0 Å². The molecular formula is C9H9N3O2. The van der Waals surface area contributed by atoms with Gasteiger partial charge < -0.3 is 0 Å². The Balaban J connectivity index is 2.20. The summed E-state index contributed by atoms with van der Waals surface area (Å²) >= 11 is 0. The Morgan fingerprint density at radius 3 is 2.64 bits per heavy atom. The fraction of sp³-hybridized carbons (Fsp3) is 0.333. The minimum absolute atomic E-state index is 0.205. The summed E-state index contributed by atoms with van der Waals surface area (Å²) in [7, 11) is 0. The van der Waals surface area contributed by atoms with E-state index in [2.05, 4.69) is 15.3 Å². The summed E-state index contributed by atoms with van der Waals surface area (Å²) in [5, 5.41) is 2.29. The number of nitrogens with zero attached hydrogens (tertiary/aromatic N) is 2. The number of carbonyl (C=O) groups is 2. The van der Waals surface area contributed by atoms with Crippen molar-refractivity contribution in [2.45, 2.75) is 18.8 Å².